The van der Waals surface area contributed by atoms with E-state index >= 15 is 0 Å². The number of carboxylic acid groups (broad SMARTS) is 1. The Morgan fingerprint density at radius 1 is 1.26 bits per heavy atom. The monoisotopic (exact) mass is 390 g/mol. The largest absolute Gasteiger partial charge is 0.482 e. The third-order valence-corrected chi connectivity index (χ3v) is 5.56. The number of aryl methyl sites for hydroxylation is 2. The van der Waals surface area contributed by atoms with Crippen LogP contribution in [0.3, 0.4) is 0 Å². The van der Waals surface area contributed by atoms with Crippen LogP contribution in [0.15, 0.2) is 41.3 Å². The summed E-state index contributed by atoms with van der Waals surface area (Å²) in [6.45, 7) is 1.46. The van der Waals surface area contributed by atoms with Gasteiger partial charge in [0.05, 0.1) is 10.6 Å². The van der Waals surface area contributed by atoms with E-state index in [1.165, 1.54) is 6.07 Å². The van der Waals surface area contributed by atoms with Gasteiger partial charge in [0.1, 0.15) is 5.75 Å². The van der Waals surface area contributed by atoms with E-state index in [1.807, 2.05) is 0 Å². The van der Waals surface area contributed by atoms with Gasteiger partial charge in [0.25, 0.3) is 15.9 Å². The number of amides is 1. The summed E-state index contributed by atoms with van der Waals surface area (Å²) in [6, 6.07) is 9.46. The molecule has 0 saturated heterocycles. The molecule has 0 fully saturated rings. The zero-order chi connectivity index (χ0) is 19.6. The normalized spacial score (nSPS) is 13.3. The Morgan fingerprint density at radius 3 is 2.63 bits per heavy atom. The molecular weight excluding hydrogens is 372 g/mol. The molecule has 1 amide bonds. The Hall–Kier alpha value is -3.07. The number of carbonyl (C=O) groups excluding carboxylic acids is 1. The van der Waals surface area contributed by atoms with Crippen LogP contribution >= 0.6 is 0 Å². The predicted octanol–water partition coefficient (Wildman–Crippen LogP) is 2.14. The Kier molecular flexibility index (Phi) is 5.04. The fourth-order valence-corrected chi connectivity index (χ4v) is 4.01. The van der Waals surface area contributed by atoms with Gasteiger partial charge in [-0.3, -0.25) is 14.3 Å². The molecule has 1 heterocycles. The molecule has 27 heavy (non-hydrogen) atoms. The number of fused-ring (bicyclic) bond motifs is 1. The number of nitrogens with one attached hydrogen (secondary N) is 2. The number of hydrogen-bond acceptors (Lipinski definition) is 5. The van der Waals surface area contributed by atoms with Crippen molar-refractivity contribution in [3.8, 4) is 5.75 Å². The number of carbonyl (C=O) groups is 2. The fourth-order valence-electron chi connectivity index (χ4n) is 2.71. The van der Waals surface area contributed by atoms with Gasteiger partial charge in [-0.1, -0.05) is 12.1 Å². The van der Waals surface area contributed by atoms with Crippen LogP contribution in [-0.4, -0.2) is 32.0 Å². The van der Waals surface area contributed by atoms with Crippen molar-refractivity contribution in [2.45, 2.75) is 24.7 Å². The standard InChI is InChI=1S/C18H18N2O6S/c1-11-8-14-15(26-10-17(21)19-14)9-16(11)27(24,25)20-13-5-2-12(3-6-13)4-7-18(22)23/h2-3,5-6,8-9,20H,4,7,10H2,1H3,(H,19,21)(H,22,23). The maximum atomic E-state index is 12.7. The Labute approximate surface area is 156 Å². The van der Waals surface area contributed by atoms with Crippen molar-refractivity contribution >= 4 is 33.3 Å². The van der Waals surface area contributed by atoms with Gasteiger partial charge in [-0.2, -0.15) is 0 Å². The Balaban J connectivity index is 1.81. The zero-order valence-corrected chi connectivity index (χ0v) is 15.3. The Morgan fingerprint density at radius 2 is 1.96 bits per heavy atom. The van der Waals surface area contributed by atoms with E-state index in [-0.39, 0.29) is 23.8 Å². The van der Waals surface area contributed by atoms with Crippen LogP contribution in [-0.2, 0) is 26.0 Å². The molecular formula is C18H18N2O6S. The van der Waals surface area contributed by atoms with Gasteiger partial charge < -0.3 is 15.2 Å². The lowest BCUT2D eigenvalue weighted by Gasteiger charge is -2.20. The molecule has 3 N–H and O–H groups in total. The number of aliphatic carboxylic acids is 1. The average Bonchev–Trinajstić information content (AvgIpc) is 2.60. The van der Waals surface area contributed by atoms with Gasteiger partial charge in [-0.15, -0.1) is 0 Å². The summed E-state index contributed by atoms with van der Waals surface area (Å²) in [4.78, 5) is 22.0. The summed E-state index contributed by atoms with van der Waals surface area (Å²) in [7, 11) is -3.87. The molecule has 0 radical (unpaired) electrons. The topological polar surface area (TPSA) is 122 Å². The second kappa shape index (κ2) is 7.28. The van der Waals surface area contributed by atoms with Gasteiger partial charge in [0.2, 0.25) is 0 Å². The number of benzene rings is 2. The number of anilines is 2. The number of rotatable bonds is 6. The second-order valence-electron chi connectivity index (χ2n) is 6.15. The maximum Gasteiger partial charge on any atom is 0.303 e. The van der Waals surface area contributed by atoms with Crippen molar-refractivity contribution in [1.29, 1.82) is 0 Å². The summed E-state index contributed by atoms with van der Waals surface area (Å²) in [6.07, 6.45) is 0.380. The van der Waals surface area contributed by atoms with Crippen molar-refractivity contribution in [3.05, 3.63) is 47.5 Å². The summed E-state index contributed by atoms with van der Waals surface area (Å²) in [5.41, 5.74) is 2.06. The van der Waals surface area contributed by atoms with Crippen molar-refractivity contribution in [2.24, 2.45) is 0 Å². The molecule has 0 bridgehead atoms. The van der Waals surface area contributed by atoms with Gasteiger partial charge in [0, 0.05) is 18.2 Å². The van der Waals surface area contributed by atoms with E-state index in [1.54, 1.807) is 37.3 Å². The van der Waals surface area contributed by atoms with Crippen LogP contribution in [0.1, 0.15) is 17.5 Å². The minimum absolute atomic E-state index is 0.00985. The molecule has 142 valence electrons. The van der Waals surface area contributed by atoms with E-state index in [0.717, 1.165) is 5.56 Å². The molecule has 0 saturated carbocycles. The van der Waals surface area contributed by atoms with Crippen LogP contribution in [0.2, 0.25) is 0 Å². The van der Waals surface area contributed by atoms with Gasteiger partial charge in [0.15, 0.2) is 6.61 Å². The quantitative estimate of drug-likeness (QED) is 0.695. The first-order valence-corrected chi connectivity index (χ1v) is 9.64. The summed E-state index contributed by atoms with van der Waals surface area (Å²) < 4.78 is 33.3. The molecule has 3 rings (SSSR count). The molecule has 0 atom stereocenters. The minimum Gasteiger partial charge on any atom is -0.482 e. The van der Waals surface area contributed by atoms with E-state index in [2.05, 4.69) is 10.0 Å². The first-order valence-electron chi connectivity index (χ1n) is 8.15. The summed E-state index contributed by atoms with van der Waals surface area (Å²) in [5, 5.41) is 11.3. The van der Waals surface area contributed by atoms with E-state index < -0.39 is 16.0 Å². The second-order valence-corrected chi connectivity index (χ2v) is 7.80. The van der Waals surface area contributed by atoms with E-state index in [9.17, 15) is 18.0 Å². The van der Waals surface area contributed by atoms with Crippen molar-refractivity contribution in [1.82, 2.24) is 0 Å². The molecule has 1 aliphatic heterocycles. The van der Waals surface area contributed by atoms with Gasteiger partial charge >= 0.3 is 5.97 Å². The molecule has 8 nitrogen and oxygen atoms in total. The van der Waals surface area contributed by atoms with Crippen LogP contribution in [0.5, 0.6) is 5.75 Å². The lowest BCUT2D eigenvalue weighted by Crippen LogP contribution is -2.26. The SMILES string of the molecule is Cc1cc2c(cc1S(=O)(=O)Nc1ccc(CCC(=O)O)cc1)OCC(=O)N2. The van der Waals surface area contributed by atoms with Gasteiger partial charge in [-0.25, -0.2) is 8.42 Å². The summed E-state index contributed by atoms with van der Waals surface area (Å²) >= 11 is 0. The first kappa shape index (κ1) is 18.7. The molecule has 0 aliphatic carbocycles. The van der Waals surface area contributed by atoms with Crippen LogP contribution in [0.4, 0.5) is 11.4 Å². The summed E-state index contributed by atoms with van der Waals surface area (Å²) in [5.74, 6) is -0.885. The highest BCUT2D eigenvalue weighted by Gasteiger charge is 2.23. The third-order valence-electron chi connectivity index (χ3n) is 4.03. The zero-order valence-electron chi connectivity index (χ0n) is 14.5. The highest BCUT2D eigenvalue weighted by Crippen LogP contribution is 2.33. The van der Waals surface area contributed by atoms with Crippen molar-refractivity contribution in [2.75, 3.05) is 16.6 Å². The minimum atomic E-state index is -3.87. The van der Waals surface area contributed by atoms with E-state index in [4.69, 9.17) is 9.84 Å². The molecule has 2 aromatic rings. The van der Waals surface area contributed by atoms with Crippen molar-refractivity contribution < 1.29 is 27.9 Å². The number of carboxylic acids is 1. The third kappa shape index (κ3) is 4.37. The smallest absolute Gasteiger partial charge is 0.303 e. The number of sulfonamides is 1. The Bertz CT molecular complexity index is 999. The van der Waals surface area contributed by atoms with Gasteiger partial charge in [-0.05, 0) is 42.7 Å². The number of hydrogen-bond donors (Lipinski definition) is 3. The van der Waals surface area contributed by atoms with Crippen LogP contribution in [0, 0.1) is 6.92 Å². The van der Waals surface area contributed by atoms with Crippen molar-refractivity contribution in [3.63, 3.8) is 0 Å². The highest BCUT2D eigenvalue weighted by atomic mass is 32.2. The lowest BCUT2D eigenvalue weighted by molar-refractivity contribution is -0.137. The van der Waals surface area contributed by atoms with Crippen LogP contribution < -0.4 is 14.8 Å². The molecule has 0 spiro atoms. The van der Waals surface area contributed by atoms with Crippen LogP contribution in [0.25, 0.3) is 0 Å². The van der Waals surface area contributed by atoms with E-state index in [0.29, 0.717) is 29.1 Å². The lowest BCUT2D eigenvalue weighted by atomic mass is 10.1. The molecule has 1 aliphatic rings. The first-order chi connectivity index (χ1) is 12.7. The fraction of sp³-hybridized carbons (Fsp3) is 0.222. The molecule has 0 unspecified atom stereocenters. The highest BCUT2D eigenvalue weighted by molar-refractivity contribution is 7.92. The molecule has 9 heteroatoms. The average molecular weight is 390 g/mol. The predicted molar refractivity (Wildman–Crippen MR) is 98.5 cm³/mol. The maximum absolute atomic E-state index is 12.7. The number of ether oxygens (including phenoxy) is 1. The molecule has 0 aromatic heterocycles. The molecule has 2 aromatic carbocycles.